The summed E-state index contributed by atoms with van der Waals surface area (Å²) in [5.41, 5.74) is 0.211. The molecule has 0 unspecified atom stereocenters. The predicted molar refractivity (Wildman–Crippen MR) is 140 cm³/mol. The van der Waals surface area contributed by atoms with Crippen molar-refractivity contribution in [2.45, 2.75) is 45.0 Å². The van der Waals surface area contributed by atoms with Gasteiger partial charge in [-0.15, -0.1) is 0 Å². The van der Waals surface area contributed by atoms with Crippen LogP contribution in [0.1, 0.15) is 53.9 Å². The second-order valence-corrected chi connectivity index (χ2v) is 8.93. The highest BCUT2D eigenvalue weighted by molar-refractivity contribution is 5.98. The van der Waals surface area contributed by atoms with Gasteiger partial charge in [0.15, 0.2) is 17.2 Å². The van der Waals surface area contributed by atoms with E-state index in [0.29, 0.717) is 5.56 Å². The van der Waals surface area contributed by atoms with Gasteiger partial charge in [-0.3, -0.25) is 9.59 Å². The monoisotopic (exact) mass is 574 g/mol. The summed E-state index contributed by atoms with van der Waals surface area (Å²) < 4.78 is 60.3. The van der Waals surface area contributed by atoms with Crippen LogP contribution in [0.5, 0.6) is 11.5 Å². The van der Waals surface area contributed by atoms with Gasteiger partial charge in [-0.05, 0) is 37.1 Å². The number of ether oxygens (including phenoxy) is 4. The maximum absolute atomic E-state index is 13.1. The Balaban J connectivity index is 1.77. The van der Waals surface area contributed by atoms with Crippen LogP contribution in [0.3, 0.4) is 0 Å². The number of nitrogens with one attached hydrogen (secondary N) is 1. The molecule has 1 N–H and O–H groups in total. The van der Waals surface area contributed by atoms with Gasteiger partial charge in [-0.2, -0.15) is 13.2 Å². The molecule has 0 bridgehead atoms. The van der Waals surface area contributed by atoms with E-state index in [1.165, 1.54) is 45.4 Å². The summed E-state index contributed by atoms with van der Waals surface area (Å²) in [4.78, 5) is 41.1. The smallest absolute Gasteiger partial charge is 0.416 e. The summed E-state index contributed by atoms with van der Waals surface area (Å²) in [6.45, 7) is 3.71. The van der Waals surface area contributed by atoms with Gasteiger partial charge in [0.2, 0.25) is 6.79 Å². The number of carbonyl (C=O) groups is 3. The van der Waals surface area contributed by atoms with Crippen LogP contribution in [0.4, 0.5) is 13.2 Å². The maximum Gasteiger partial charge on any atom is 0.416 e. The topological polar surface area (TPSA) is 113 Å². The molecule has 0 saturated carbocycles. The number of amides is 1. The summed E-state index contributed by atoms with van der Waals surface area (Å²) in [6, 6.07) is 13.8. The third-order valence-corrected chi connectivity index (χ3v) is 6.00. The average Bonchev–Trinajstić information content (AvgIpc) is 2.93. The lowest BCUT2D eigenvalue weighted by atomic mass is 9.86. The predicted octanol–water partition coefficient (Wildman–Crippen LogP) is 4.89. The van der Waals surface area contributed by atoms with Gasteiger partial charge in [-0.1, -0.05) is 42.5 Å². The molecule has 0 fully saturated rings. The number of aromatic nitrogens is 1. The van der Waals surface area contributed by atoms with E-state index < -0.39 is 54.4 Å². The molecule has 0 saturated heterocycles. The van der Waals surface area contributed by atoms with Gasteiger partial charge in [0.25, 0.3) is 5.91 Å². The van der Waals surface area contributed by atoms with Gasteiger partial charge < -0.3 is 24.3 Å². The molecule has 0 aliphatic rings. The summed E-state index contributed by atoms with van der Waals surface area (Å²) in [7, 11) is 1.34. The lowest BCUT2D eigenvalue weighted by Crippen LogP contribution is -2.41. The second-order valence-electron chi connectivity index (χ2n) is 8.93. The van der Waals surface area contributed by atoms with E-state index in [9.17, 15) is 27.6 Å². The molecule has 3 rings (SSSR count). The Bertz CT molecular complexity index is 1350. The summed E-state index contributed by atoms with van der Waals surface area (Å²) >= 11 is 0. The average molecular weight is 575 g/mol. The van der Waals surface area contributed by atoms with Crippen LogP contribution >= 0.6 is 0 Å². The number of alkyl halides is 3. The van der Waals surface area contributed by atoms with Crippen LogP contribution in [0, 0.1) is 0 Å². The first-order chi connectivity index (χ1) is 19.4. The quantitative estimate of drug-likeness (QED) is 0.255. The lowest BCUT2D eigenvalue weighted by Gasteiger charge is -2.27. The van der Waals surface area contributed by atoms with E-state index in [0.717, 1.165) is 17.7 Å². The number of hydrogen-bond donors (Lipinski definition) is 1. The minimum Gasteiger partial charge on any atom is -0.493 e. The fraction of sp³-hybridized carbons (Fsp3) is 0.310. The Hall–Kier alpha value is -4.61. The molecule has 41 heavy (non-hydrogen) atoms. The van der Waals surface area contributed by atoms with Crippen molar-refractivity contribution in [1.82, 2.24) is 10.3 Å². The molecular formula is C29H29F3N2O7. The zero-order valence-corrected chi connectivity index (χ0v) is 22.7. The maximum atomic E-state index is 13.1. The largest absolute Gasteiger partial charge is 0.493 e. The Labute approximate surface area is 234 Å². The van der Waals surface area contributed by atoms with Crippen LogP contribution in [-0.4, -0.2) is 48.9 Å². The van der Waals surface area contributed by atoms with E-state index in [4.69, 9.17) is 18.9 Å². The number of nitrogens with zero attached hydrogens (tertiary/aromatic N) is 1. The highest BCUT2D eigenvalue weighted by atomic mass is 19.4. The molecule has 0 spiro atoms. The third-order valence-electron chi connectivity index (χ3n) is 6.00. The molecule has 12 heteroatoms. The van der Waals surface area contributed by atoms with Crippen molar-refractivity contribution < 1.29 is 46.5 Å². The number of hydrogen-bond acceptors (Lipinski definition) is 8. The first-order valence-electron chi connectivity index (χ1n) is 12.4. The molecule has 2 aromatic carbocycles. The SMILES string of the molecule is COc1ccnc(C(=O)N[C@@H](C)C(=O)O[C@@H](C)[C@@H](c2ccccc2)c2ccc(C(F)(F)F)cc2)c1OCOC(C)=O. The summed E-state index contributed by atoms with van der Waals surface area (Å²) in [5, 5.41) is 2.49. The molecular weight excluding hydrogens is 545 g/mol. The van der Waals surface area contributed by atoms with E-state index >= 15 is 0 Å². The fourth-order valence-electron chi connectivity index (χ4n) is 4.02. The van der Waals surface area contributed by atoms with E-state index in [2.05, 4.69) is 10.3 Å². The van der Waals surface area contributed by atoms with Crippen molar-refractivity contribution in [2.24, 2.45) is 0 Å². The molecule has 9 nitrogen and oxygen atoms in total. The zero-order valence-electron chi connectivity index (χ0n) is 22.7. The van der Waals surface area contributed by atoms with Crippen LogP contribution in [-0.2, 0) is 25.2 Å². The number of rotatable bonds is 11. The van der Waals surface area contributed by atoms with Gasteiger partial charge in [0.1, 0.15) is 12.1 Å². The highest BCUT2D eigenvalue weighted by Gasteiger charge is 2.32. The molecule has 0 aliphatic heterocycles. The van der Waals surface area contributed by atoms with Crippen molar-refractivity contribution >= 4 is 17.8 Å². The van der Waals surface area contributed by atoms with Crippen molar-refractivity contribution in [3.63, 3.8) is 0 Å². The molecule has 3 atom stereocenters. The molecule has 1 aromatic heterocycles. The second kappa shape index (κ2) is 13.6. The van der Waals surface area contributed by atoms with Crippen molar-refractivity contribution in [2.75, 3.05) is 13.9 Å². The van der Waals surface area contributed by atoms with Crippen molar-refractivity contribution in [3.05, 3.63) is 89.2 Å². The zero-order chi connectivity index (χ0) is 30.2. The Kier molecular flexibility index (Phi) is 10.3. The number of halogens is 3. The van der Waals surface area contributed by atoms with Gasteiger partial charge in [0.05, 0.1) is 12.7 Å². The minimum absolute atomic E-state index is 0.103. The molecule has 0 radical (unpaired) electrons. The Morgan fingerprint density at radius 3 is 2.17 bits per heavy atom. The number of esters is 2. The molecule has 3 aromatic rings. The Morgan fingerprint density at radius 1 is 0.951 bits per heavy atom. The van der Waals surface area contributed by atoms with Gasteiger partial charge >= 0.3 is 18.1 Å². The summed E-state index contributed by atoms with van der Waals surface area (Å²) in [5.74, 6) is -2.73. The third kappa shape index (κ3) is 8.19. The standard InChI is InChI=1S/C29H29F3N2O7/c1-17(34-27(36)25-26(40-16-39-19(3)35)23(38-4)14-15-33-25)28(37)41-18(2)24(20-8-6-5-7-9-20)21-10-12-22(13-11-21)29(30,31)32/h5-15,17-18,24H,16H2,1-4H3,(H,34,36)/t17-,18-,24-/m0/s1. The number of methoxy groups -OCH3 is 1. The Morgan fingerprint density at radius 2 is 1.59 bits per heavy atom. The minimum atomic E-state index is -4.49. The van der Waals surface area contributed by atoms with Crippen LogP contribution in [0.2, 0.25) is 0 Å². The molecule has 1 amide bonds. The number of pyridine rings is 1. The van der Waals surface area contributed by atoms with Crippen LogP contribution in [0.15, 0.2) is 66.9 Å². The van der Waals surface area contributed by atoms with Gasteiger partial charge in [0, 0.05) is 25.1 Å². The van der Waals surface area contributed by atoms with Crippen molar-refractivity contribution in [3.8, 4) is 11.5 Å². The fourth-order valence-corrected chi connectivity index (χ4v) is 4.02. The molecule has 1 heterocycles. The lowest BCUT2D eigenvalue weighted by molar-refractivity contribution is -0.151. The summed E-state index contributed by atoms with van der Waals surface area (Å²) in [6.07, 6.45) is -4.01. The van der Waals surface area contributed by atoms with E-state index in [-0.39, 0.29) is 17.2 Å². The van der Waals surface area contributed by atoms with E-state index in [1.54, 1.807) is 37.3 Å². The van der Waals surface area contributed by atoms with E-state index in [1.807, 2.05) is 0 Å². The molecule has 0 aliphatic carbocycles. The van der Waals surface area contributed by atoms with Crippen molar-refractivity contribution in [1.29, 1.82) is 0 Å². The number of benzene rings is 2. The highest BCUT2D eigenvalue weighted by Crippen LogP contribution is 2.34. The van der Waals surface area contributed by atoms with Crippen LogP contribution < -0.4 is 14.8 Å². The van der Waals surface area contributed by atoms with Gasteiger partial charge in [-0.25, -0.2) is 9.78 Å². The first-order valence-corrected chi connectivity index (χ1v) is 12.4. The van der Waals surface area contributed by atoms with Crippen LogP contribution in [0.25, 0.3) is 0 Å². The normalized spacial score (nSPS) is 13.3. The molecule has 218 valence electrons. The number of carbonyl (C=O) groups excluding carboxylic acids is 3. The first kappa shape index (κ1) is 30.9.